The molecule has 1 aromatic carbocycles. The Labute approximate surface area is 204 Å². The maximum Gasteiger partial charge on any atom is 0.258 e. The second kappa shape index (κ2) is 10.5. The maximum absolute atomic E-state index is 13.4. The number of nitrogens with zero attached hydrogens (tertiary/aromatic N) is 4. The van der Waals surface area contributed by atoms with E-state index in [9.17, 15) is 4.79 Å². The second-order valence-corrected chi connectivity index (χ2v) is 9.87. The first-order valence-electron chi connectivity index (χ1n) is 11.7. The van der Waals surface area contributed by atoms with Gasteiger partial charge in [0.2, 0.25) is 5.95 Å². The fourth-order valence-electron chi connectivity index (χ4n) is 4.66. The molecule has 33 heavy (non-hydrogen) atoms. The Bertz CT molecular complexity index is 1030. The summed E-state index contributed by atoms with van der Waals surface area (Å²) >= 11 is 3.57. The molecule has 0 spiro atoms. The number of carbonyl (C=O) groups is 1. The third kappa shape index (κ3) is 5.64. The molecule has 0 bridgehead atoms. The molecule has 2 aliphatic heterocycles. The van der Waals surface area contributed by atoms with E-state index in [0.29, 0.717) is 29.2 Å². The number of piperidine rings is 2. The molecule has 6 nitrogen and oxygen atoms in total. The van der Waals surface area contributed by atoms with Crippen LogP contribution < -0.4 is 15.1 Å². The number of allylic oxidation sites excluding steroid dienone is 1. The molecule has 0 aliphatic carbocycles. The van der Waals surface area contributed by atoms with Crippen molar-refractivity contribution in [1.82, 2.24) is 9.97 Å². The predicted molar refractivity (Wildman–Crippen MR) is 139 cm³/mol. The number of carbonyl (C=O) groups excluding carboxylic acids is 1. The molecule has 1 atom stereocenters. The van der Waals surface area contributed by atoms with Crippen molar-refractivity contribution in [1.29, 1.82) is 0 Å². The van der Waals surface area contributed by atoms with Gasteiger partial charge >= 0.3 is 0 Å². The van der Waals surface area contributed by atoms with Crippen molar-refractivity contribution >= 4 is 39.3 Å². The fourth-order valence-corrected chi connectivity index (χ4v) is 5.01. The third-order valence-corrected chi connectivity index (χ3v) is 7.07. The largest absolute Gasteiger partial charge is 0.371 e. The second-order valence-electron chi connectivity index (χ2n) is 8.95. The molecule has 1 unspecified atom stereocenters. The first-order chi connectivity index (χ1) is 16.0. The van der Waals surface area contributed by atoms with Gasteiger partial charge in [0.15, 0.2) is 0 Å². The molecule has 3 heterocycles. The molecule has 174 valence electrons. The molecule has 4 rings (SSSR count). The minimum Gasteiger partial charge on any atom is -0.371 e. The third-order valence-electron chi connectivity index (χ3n) is 6.58. The molecule has 0 radical (unpaired) electrons. The van der Waals surface area contributed by atoms with Crippen LogP contribution in [0.2, 0.25) is 0 Å². The van der Waals surface area contributed by atoms with Crippen LogP contribution in [0.25, 0.3) is 0 Å². The SMILES string of the molecule is C=CC1CCN(c2cc(Br)ccc2C(=O)Nc2cc(C)nc(N3CCCC(C=C)C3)n2)CC1. The van der Waals surface area contributed by atoms with Crippen LogP contribution in [0, 0.1) is 18.8 Å². The summed E-state index contributed by atoms with van der Waals surface area (Å²) in [6.07, 6.45) is 8.38. The van der Waals surface area contributed by atoms with Gasteiger partial charge in [-0.05, 0) is 62.6 Å². The van der Waals surface area contributed by atoms with Gasteiger partial charge in [0.25, 0.3) is 5.91 Å². The summed E-state index contributed by atoms with van der Waals surface area (Å²) in [7, 11) is 0. The van der Waals surface area contributed by atoms with E-state index in [-0.39, 0.29) is 5.91 Å². The summed E-state index contributed by atoms with van der Waals surface area (Å²) in [4.78, 5) is 27.1. The van der Waals surface area contributed by atoms with Crippen molar-refractivity contribution in [2.45, 2.75) is 32.6 Å². The lowest BCUT2D eigenvalue weighted by atomic mass is 9.96. The van der Waals surface area contributed by atoms with Gasteiger partial charge in [-0.3, -0.25) is 4.79 Å². The smallest absolute Gasteiger partial charge is 0.258 e. The van der Waals surface area contributed by atoms with E-state index in [2.05, 4.69) is 54.2 Å². The van der Waals surface area contributed by atoms with Crippen molar-refractivity contribution in [2.24, 2.45) is 11.8 Å². The van der Waals surface area contributed by atoms with Gasteiger partial charge in [0.1, 0.15) is 5.82 Å². The van der Waals surface area contributed by atoms with Crippen molar-refractivity contribution in [2.75, 3.05) is 41.3 Å². The van der Waals surface area contributed by atoms with Crippen molar-refractivity contribution in [3.05, 3.63) is 65.3 Å². The van der Waals surface area contributed by atoms with Crippen LogP contribution in [-0.4, -0.2) is 42.1 Å². The Kier molecular flexibility index (Phi) is 7.48. The summed E-state index contributed by atoms with van der Waals surface area (Å²) in [5.74, 6) is 2.02. The van der Waals surface area contributed by atoms with Crippen LogP contribution in [0.3, 0.4) is 0 Å². The number of aromatic nitrogens is 2. The van der Waals surface area contributed by atoms with E-state index >= 15 is 0 Å². The van der Waals surface area contributed by atoms with Gasteiger partial charge in [-0.2, -0.15) is 4.98 Å². The number of aryl methyl sites for hydroxylation is 1. The number of benzene rings is 1. The Hall–Kier alpha value is -2.67. The monoisotopic (exact) mass is 509 g/mol. The van der Waals surface area contributed by atoms with E-state index in [4.69, 9.17) is 0 Å². The van der Waals surface area contributed by atoms with E-state index in [1.54, 1.807) is 0 Å². The molecule has 7 heteroatoms. The number of rotatable bonds is 6. The molecular formula is C26H32BrN5O. The highest BCUT2D eigenvalue weighted by atomic mass is 79.9. The highest BCUT2D eigenvalue weighted by Crippen LogP contribution is 2.30. The van der Waals surface area contributed by atoms with Gasteiger partial charge in [0, 0.05) is 42.4 Å². The first-order valence-corrected chi connectivity index (χ1v) is 12.5. The molecular weight excluding hydrogens is 478 g/mol. The van der Waals surface area contributed by atoms with Crippen LogP contribution in [-0.2, 0) is 0 Å². The van der Waals surface area contributed by atoms with E-state index in [1.807, 2.05) is 43.3 Å². The van der Waals surface area contributed by atoms with Crippen LogP contribution in [0.4, 0.5) is 17.5 Å². The lowest BCUT2D eigenvalue weighted by molar-refractivity contribution is 0.102. The average molecular weight is 510 g/mol. The highest BCUT2D eigenvalue weighted by molar-refractivity contribution is 9.10. The van der Waals surface area contributed by atoms with Gasteiger partial charge in [-0.25, -0.2) is 4.98 Å². The van der Waals surface area contributed by atoms with E-state index < -0.39 is 0 Å². The fraction of sp³-hybridized carbons (Fsp3) is 0.423. The lowest BCUT2D eigenvalue weighted by Crippen LogP contribution is -2.36. The lowest BCUT2D eigenvalue weighted by Gasteiger charge is -2.33. The minimum absolute atomic E-state index is 0.157. The number of anilines is 3. The van der Waals surface area contributed by atoms with Crippen LogP contribution >= 0.6 is 15.9 Å². The topological polar surface area (TPSA) is 61.4 Å². The molecule has 1 amide bonds. The summed E-state index contributed by atoms with van der Waals surface area (Å²) in [5.41, 5.74) is 2.43. The molecule has 0 saturated carbocycles. The van der Waals surface area contributed by atoms with Crippen LogP contribution in [0.15, 0.2) is 54.0 Å². The molecule has 2 saturated heterocycles. The Morgan fingerprint density at radius 1 is 1.06 bits per heavy atom. The Balaban J connectivity index is 1.55. The predicted octanol–water partition coefficient (Wildman–Crippen LogP) is 5.60. The standard InChI is InChI=1S/C26H32BrN5O/c1-4-19-10-13-31(14-11-19)23-16-21(27)8-9-22(23)25(33)29-24-15-18(3)28-26(30-24)32-12-6-7-20(5-2)17-32/h4-5,8-9,15-16,19-20H,1-2,6-7,10-14,17H2,3H3,(H,28,29,30,33). The molecule has 1 N–H and O–H groups in total. The molecule has 1 aromatic heterocycles. The zero-order valence-electron chi connectivity index (χ0n) is 19.3. The minimum atomic E-state index is -0.157. The zero-order valence-corrected chi connectivity index (χ0v) is 20.9. The molecule has 2 aliphatic rings. The average Bonchev–Trinajstić information content (AvgIpc) is 2.83. The van der Waals surface area contributed by atoms with Gasteiger partial charge in [-0.1, -0.05) is 28.1 Å². The first kappa shape index (κ1) is 23.5. The normalized spacial score (nSPS) is 19.3. The van der Waals surface area contributed by atoms with Gasteiger partial charge < -0.3 is 15.1 Å². The van der Waals surface area contributed by atoms with Gasteiger partial charge in [-0.15, -0.1) is 13.2 Å². The number of hydrogen-bond acceptors (Lipinski definition) is 5. The van der Waals surface area contributed by atoms with E-state index in [1.165, 1.54) is 0 Å². The number of amides is 1. The number of nitrogens with one attached hydrogen (secondary N) is 1. The highest BCUT2D eigenvalue weighted by Gasteiger charge is 2.24. The van der Waals surface area contributed by atoms with Gasteiger partial charge in [0.05, 0.1) is 11.3 Å². The summed E-state index contributed by atoms with van der Waals surface area (Å²) in [6, 6.07) is 7.64. The number of hydrogen-bond donors (Lipinski definition) is 1. The van der Waals surface area contributed by atoms with Crippen LogP contribution in [0.1, 0.15) is 41.7 Å². The van der Waals surface area contributed by atoms with E-state index in [0.717, 1.165) is 67.7 Å². The number of halogens is 1. The Morgan fingerprint density at radius 3 is 2.55 bits per heavy atom. The van der Waals surface area contributed by atoms with Crippen molar-refractivity contribution in [3.8, 4) is 0 Å². The summed E-state index contributed by atoms with van der Waals surface area (Å²) in [6.45, 7) is 13.4. The van der Waals surface area contributed by atoms with Crippen molar-refractivity contribution in [3.63, 3.8) is 0 Å². The Morgan fingerprint density at radius 2 is 1.82 bits per heavy atom. The molecule has 2 aromatic rings. The zero-order chi connectivity index (χ0) is 23.4. The quantitative estimate of drug-likeness (QED) is 0.513. The molecule has 2 fully saturated rings. The van der Waals surface area contributed by atoms with Crippen LogP contribution in [0.5, 0.6) is 0 Å². The summed E-state index contributed by atoms with van der Waals surface area (Å²) < 4.78 is 0.960. The maximum atomic E-state index is 13.4. The van der Waals surface area contributed by atoms with Crippen molar-refractivity contribution < 1.29 is 4.79 Å². The summed E-state index contributed by atoms with van der Waals surface area (Å²) in [5, 5.41) is 3.03.